The van der Waals surface area contributed by atoms with E-state index in [0.717, 1.165) is 21.5 Å². The number of nitrogens with zero attached hydrogens (tertiary/aromatic N) is 5. The van der Waals surface area contributed by atoms with Crippen LogP contribution in [0.1, 0.15) is 11.4 Å². The van der Waals surface area contributed by atoms with Gasteiger partial charge in [0.15, 0.2) is 5.82 Å². The normalized spacial score (nSPS) is 10.6. The van der Waals surface area contributed by atoms with Crippen molar-refractivity contribution < 1.29 is 9.90 Å². The molecule has 122 valence electrons. The van der Waals surface area contributed by atoms with Gasteiger partial charge in [-0.3, -0.25) is 0 Å². The first-order valence-corrected chi connectivity index (χ1v) is 7.42. The molecule has 3 aromatic rings. The van der Waals surface area contributed by atoms with E-state index in [1.165, 1.54) is 4.90 Å². The van der Waals surface area contributed by atoms with Crippen molar-refractivity contribution in [1.29, 1.82) is 0 Å². The third-order valence-electron chi connectivity index (χ3n) is 3.50. The van der Waals surface area contributed by atoms with Gasteiger partial charge in [0.2, 0.25) is 0 Å². The molecule has 1 aromatic heterocycles. The van der Waals surface area contributed by atoms with Crippen LogP contribution in [0.2, 0.25) is 0 Å². The molecular formula is C17H17N5O2. The van der Waals surface area contributed by atoms with E-state index in [2.05, 4.69) is 15.4 Å². The minimum absolute atomic E-state index is 0.239. The van der Waals surface area contributed by atoms with Crippen LogP contribution in [0.5, 0.6) is 5.75 Å². The molecule has 24 heavy (non-hydrogen) atoms. The third kappa shape index (κ3) is 3.40. The quantitative estimate of drug-likeness (QED) is 0.798. The predicted octanol–water partition coefficient (Wildman–Crippen LogP) is 2.17. The summed E-state index contributed by atoms with van der Waals surface area (Å²) in [5, 5.41) is 21.3. The molecule has 0 aliphatic rings. The number of hydrogen-bond donors (Lipinski definition) is 1. The minimum atomic E-state index is -0.340. The number of carbonyl (C=O) groups is 1. The van der Waals surface area contributed by atoms with Crippen molar-refractivity contribution in [3.05, 3.63) is 59.9 Å². The average Bonchev–Trinajstić information content (AvgIpc) is 3.03. The highest BCUT2D eigenvalue weighted by Crippen LogP contribution is 2.23. The number of tetrazole rings is 1. The number of phenolic OH excluding ortho intramolecular Hbond substituents is 1. The fourth-order valence-corrected chi connectivity index (χ4v) is 2.26. The van der Waals surface area contributed by atoms with Crippen molar-refractivity contribution in [3.8, 4) is 16.9 Å². The van der Waals surface area contributed by atoms with Gasteiger partial charge in [0, 0.05) is 20.5 Å². The van der Waals surface area contributed by atoms with E-state index in [9.17, 15) is 9.90 Å². The lowest BCUT2D eigenvalue weighted by molar-refractivity contribution is 0.211. The zero-order valence-electron chi connectivity index (χ0n) is 13.4. The Bertz CT molecular complexity index is 855. The average molecular weight is 323 g/mol. The Morgan fingerprint density at radius 1 is 1.12 bits per heavy atom. The summed E-state index contributed by atoms with van der Waals surface area (Å²) in [5.74, 6) is 0.721. The lowest BCUT2D eigenvalue weighted by Crippen LogP contribution is -2.29. The zero-order chi connectivity index (χ0) is 17.1. The summed E-state index contributed by atoms with van der Waals surface area (Å²) in [6, 6.07) is 14.6. The molecule has 0 unspecified atom stereocenters. The summed E-state index contributed by atoms with van der Waals surface area (Å²) < 4.78 is 0. The molecular weight excluding hydrogens is 306 g/mol. The number of aromatic nitrogens is 4. The maximum absolute atomic E-state index is 11.7. The number of phenols is 1. The van der Waals surface area contributed by atoms with E-state index in [1.807, 2.05) is 36.4 Å². The largest absolute Gasteiger partial charge is 0.508 e. The van der Waals surface area contributed by atoms with Gasteiger partial charge in [0.25, 0.3) is 0 Å². The van der Waals surface area contributed by atoms with Crippen molar-refractivity contribution in [2.45, 2.75) is 6.42 Å². The number of carbonyl (C=O) groups excluding carboxylic acids is 1. The number of rotatable bonds is 3. The molecule has 3 rings (SSSR count). The Balaban J connectivity index is 1.74. The van der Waals surface area contributed by atoms with Gasteiger partial charge in [-0.05, 0) is 34.0 Å². The molecule has 1 N–H and O–H groups in total. The highest BCUT2D eigenvalue weighted by molar-refractivity contribution is 5.74. The maximum atomic E-state index is 11.7. The number of aromatic hydroxyl groups is 1. The molecule has 0 saturated carbocycles. The van der Waals surface area contributed by atoms with E-state index < -0.39 is 0 Å². The van der Waals surface area contributed by atoms with E-state index in [1.54, 1.807) is 26.2 Å². The lowest BCUT2D eigenvalue weighted by Gasteiger charge is -2.06. The van der Waals surface area contributed by atoms with Gasteiger partial charge in [0.1, 0.15) is 5.75 Å². The fraction of sp³-hybridized carbons (Fsp3) is 0.176. The van der Waals surface area contributed by atoms with Crippen molar-refractivity contribution in [2.24, 2.45) is 0 Å². The molecule has 0 radical (unpaired) electrons. The summed E-state index contributed by atoms with van der Waals surface area (Å²) >= 11 is 0. The smallest absolute Gasteiger partial charge is 0.362 e. The Labute approximate surface area is 139 Å². The second kappa shape index (κ2) is 6.49. The first-order valence-electron chi connectivity index (χ1n) is 7.42. The van der Waals surface area contributed by atoms with Crippen molar-refractivity contribution in [1.82, 2.24) is 25.1 Å². The predicted molar refractivity (Wildman–Crippen MR) is 88.6 cm³/mol. The molecule has 0 saturated heterocycles. The summed E-state index contributed by atoms with van der Waals surface area (Å²) in [6.07, 6.45) is 0.487. The summed E-state index contributed by atoms with van der Waals surface area (Å²) in [5.41, 5.74) is 2.96. The van der Waals surface area contributed by atoms with Crippen molar-refractivity contribution in [3.63, 3.8) is 0 Å². The number of hydrogen-bond acceptors (Lipinski definition) is 5. The molecule has 7 heteroatoms. The number of amides is 1. The second-order valence-corrected chi connectivity index (χ2v) is 5.60. The van der Waals surface area contributed by atoms with Gasteiger partial charge in [-0.2, -0.15) is 0 Å². The maximum Gasteiger partial charge on any atom is 0.362 e. The van der Waals surface area contributed by atoms with Crippen molar-refractivity contribution >= 4 is 6.03 Å². The molecule has 0 fully saturated rings. The topological polar surface area (TPSA) is 84.1 Å². The molecule has 2 aromatic carbocycles. The highest BCUT2D eigenvalue weighted by atomic mass is 16.3. The number of benzene rings is 2. The van der Waals surface area contributed by atoms with Crippen LogP contribution in [-0.4, -0.2) is 50.3 Å². The van der Waals surface area contributed by atoms with Crippen LogP contribution in [0.3, 0.4) is 0 Å². The van der Waals surface area contributed by atoms with Gasteiger partial charge in [-0.25, -0.2) is 4.79 Å². The van der Waals surface area contributed by atoms with Gasteiger partial charge in [-0.15, -0.1) is 10.2 Å². The fourth-order valence-electron chi connectivity index (χ4n) is 2.26. The zero-order valence-corrected chi connectivity index (χ0v) is 13.4. The van der Waals surface area contributed by atoms with E-state index in [-0.39, 0.29) is 11.8 Å². The van der Waals surface area contributed by atoms with Gasteiger partial charge in [-0.1, -0.05) is 41.2 Å². The van der Waals surface area contributed by atoms with E-state index in [4.69, 9.17) is 0 Å². The molecule has 0 atom stereocenters. The molecule has 0 aliphatic heterocycles. The van der Waals surface area contributed by atoms with Crippen LogP contribution in [0.15, 0.2) is 48.5 Å². The molecule has 0 bridgehead atoms. The Morgan fingerprint density at radius 2 is 1.88 bits per heavy atom. The standard InChI is InChI=1S/C17H17N5O2/c1-21(2)17(24)22-19-16(18-20-22)10-12-6-8-13(9-7-12)14-4-3-5-15(23)11-14/h3-9,11,23H,10H2,1-2H3. The SMILES string of the molecule is CN(C)C(=O)n1nnc(Cc2ccc(-c3cccc(O)c3)cc2)n1. The van der Waals surface area contributed by atoms with Crippen LogP contribution >= 0.6 is 0 Å². The van der Waals surface area contributed by atoms with Crippen LogP contribution in [-0.2, 0) is 6.42 Å². The molecule has 0 spiro atoms. The first-order chi connectivity index (χ1) is 11.5. The Hall–Kier alpha value is -3.22. The molecule has 1 heterocycles. The summed E-state index contributed by atoms with van der Waals surface area (Å²) in [4.78, 5) is 14.1. The lowest BCUT2D eigenvalue weighted by atomic mass is 10.0. The van der Waals surface area contributed by atoms with E-state index in [0.29, 0.717) is 12.2 Å². The van der Waals surface area contributed by atoms with Crippen LogP contribution in [0, 0.1) is 0 Å². The van der Waals surface area contributed by atoms with E-state index >= 15 is 0 Å². The first kappa shape index (κ1) is 15.7. The van der Waals surface area contributed by atoms with Gasteiger partial charge < -0.3 is 10.0 Å². The van der Waals surface area contributed by atoms with Crippen LogP contribution < -0.4 is 0 Å². The van der Waals surface area contributed by atoms with Crippen LogP contribution in [0.25, 0.3) is 11.1 Å². The second-order valence-electron chi connectivity index (χ2n) is 5.60. The summed E-state index contributed by atoms with van der Waals surface area (Å²) in [7, 11) is 3.26. The van der Waals surface area contributed by atoms with Crippen molar-refractivity contribution in [2.75, 3.05) is 14.1 Å². The monoisotopic (exact) mass is 323 g/mol. The van der Waals surface area contributed by atoms with Crippen LogP contribution in [0.4, 0.5) is 4.79 Å². The Morgan fingerprint density at radius 3 is 2.54 bits per heavy atom. The molecule has 1 amide bonds. The molecule has 7 nitrogen and oxygen atoms in total. The van der Waals surface area contributed by atoms with Gasteiger partial charge >= 0.3 is 6.03 Å². The highest BCUT2D eigenvalue weighted by Gasteiger charge is 2.12. The summed E-state index contributed by atoms with van der Waals surface area (Å²) in [6.45, 7) is 0. The minimum Gasteiger partial charge on any atom is -0.508 e. The molecule has 0 aliphatic carbocycles. The van der Waals surface area contributed by atoms with Gasteiger partial charge in [0.05, 0.1) is 0 Å². The Kier molecular flexibility index (Phi) is 4.24. The third-order valence-corrected chi connectivity index (χ3v) is 3.50.